The molecule has 1 aliphatic rings. The van der Waals surface area contributed by atoms with Gasteiger partial charge in [0.25, 0.3) is 0 Å². The van der Waals surface area contributed by atoms with Crippen LogP contribution in [0, 0.1) is 0 Å². The van der Waals surface area contributed by atoms with Crippen LogP contribution in [0.1, 0.15) is 17.7 Å². The number of hydrogen-bond acceptors (Lipinski definition) is 4. The third-order valence-corrected chi connectivity index (χ3v) is 5.22. The predicted octanol–water partition coefficient (Wildman–Crippen LogP) is 3.60. The molecular formula is C18H20ClN3O2S. The quantitative estimate of drug-likeness (QED) is 0.836. The summed E-state index contributed by atoms with van der Waals surface area (Å²) in [7, 11) is 1.90. The van der Waals surface area contributed by atoms with Crippen molar-refractivity contribution in [3.63, 3.8) is 0 Å². The van der Waals surface area contributed by atoms with Gasteiger partial charge in [-0.2, -0.15) is 0 Å². The second kappa shape index (κ2) is 7.99. The van der Waals surface area contributed by atoms with E-state index in [1.165, 1.54) is 11.3 Å². The third-order valence-electron chi connectivity index (χ3n) is 4.00. The average Bonchev–Trinajstić information content (AvgIpc) is 3.16. The number of halogens is 1. The molecule has 0 radical (unpaired) electrons. The lowest BCUT2D eigenvalue weighted by Gasteiger charge is -2.17. The second-order valence-corrected chi connectivity index (χ2v) is 7.92. The van der Waals surface area contributed by atoms with Crippen LogP contribution in [-0.2, 0) is 16.1 Å². The van der Waals surface area contributed by atoms with Crippen molar-refractivity contribution in [1.82, 2.24) is 4.90 Å². The number of likely N-dealkylation sites (N-methyl/N-ethyl adjacent to an activating group) is 1. The molecular weight excluding hydrogens is 358 g/mol. The predicted molar refractivity (Wildman–Crippen MR) is 102 cm³/mol. The van der Waals surface area contributed by atoms with Crippen molar-refractivity contribution in [3.8, 4) is 0 Å². The van der Waals surface area contributed by atoms with Gasteiger partial charge in [0.2, 0.25) is 11.8 Å². The molecule has 25 heavy (non-hydrogen) atoms. The van der Waals surface area contributed by atoms with E-state index in [4.69, 9.17) is 11.6 Å². The normalized spacial score (nSPS) is 14.4. The van der Waals surface area contributed by atoms with E-state index in [9.17, 15) is 9.59 Å². The zero-order valence-corrected chi connectivity index (χ0v) is 15.6. The highest BCUT2D eigenvalue weighted by molar-refractivity contribution is 7.16. The summed E-state index contributed by atoms with van der Waals surface area (Å²) in [4.78, 5) is 28.8. The molecule has 2 heterocycles. The lowest BCUT2D eigenvalue weighted by Crippen LogP contribution is -2.29. The van der Waals surface area contributed by atoms with Crippen LogP contribution in [0.4, 0.5) is 11.4 Å². The van der Waals surface area contributed by atoms with Gasteiger partial charge in [0, 0.05) is 35.8 Å². The van der Waals surface area contributed by atoms with Gasteiger partial charge in [0.15, 0.2) is 0 Å². The van der Waals surface area contributed by atoms with Crippen molar-refractivity contribution >= 4 is 46.1 Å². The molecule has 7 heteroatoms. The third kappa shape index (κ3) is 4.81. The van der Waals surface area contributed by atoms with E-state index in [0.29, 0.717) is 19.5 Å². The van der Waals surface area contributed by atoms with Crippen LogP contribution >= 0.6 is 22.9 Å². The fraction of sp³-hybridized carbons (Fsp3) is 0.333. The van der Waals surface area contributed by atoms with Gasteiger partial charge < -0.3 is 10.2 Å². The summed E-state index contributed by atoms with van der Waals surface area (Å²) in [6.07, 6.45) is 1.51. The number of hydrogen-bond donors (Lipinski definition) is 1. The summed E-state index contributed by atoms with van der Waals surface area (Å²) in [5.41, 5.74) is 1.61. The van der Waals surface area contributed by atoms with Crippen LogP contribution < -0.4 is 10.2 Å². The summed E-state index contributed by atoms with van der Waals surface area (Å²) in [5.74, 6) is 0.0854. The number of nitrogens with zero attached hydrogens (tertiary/aromatic N) is 2. The van der Waals surface area contributed by atoms with Crippen LogP contribution in [0.15, 0.2) is 36.4 Å². The Balaban J connectivity index is 1.51. The minimum Gasteiger partial charge on any atom is -0.325 e. The van der Waals surface area contributed by atoms with Crippen LogP contribution in [0.3, 0.4) is 0 Å². The maximum atomic E-state index is 12.2. The summed E-state index contributed by atoms with van der Waals surface area (Å²) < 4.78 is 0.754. The average molecular weight is 378 g/mol. The van der Waals surface area contributed by atoms with E-state index in [1.807, 2.05) is 48.3 Å². The molecule has 2 aromatic rings. The molecule has 0 bridgehead atoms. The maximum absolute atomic E-state index is 12.2. The first kappa shape index (κ1) is 17.9. The standard InChI is InChI=1S/C18H20ClN3O2S/c1-21(11-15-8-9-16(19)25-15)12-17(23)20-13-4-6-14(7-5-13)22-10-2-3-18(22)24/h4-9H,2-3,10-12H2,1H3,(H,20,23). The van der Waals surface area contributed by atoms with Crippen LogP contribution in [0.25, 0.3) is 0 Å². The molecule has 0 aliphatic carbocycles. The van der Waals surface area contributed by atoms with Crippen molar-refractivity contribution in [1.29, 1.82) is 0 Å². The van der Waals surface area contributed by atoms with Gasteiger partial charge in [0.1, 0.15) is 0 Å². The molecule has 0 saturated carbocycles. The molecule has 3 rings (SSSR count). The van der Waals surface area contributed by atoms with E-state index in [2.05, 4.69) is 5.32 Å². The molecule has 1 aromatic carbocycles. The molecule has 0 atom stereocenters. The highest BCUT2D eigenvalue weighted by atomic mass is 35.5. The molecule has 1 aliphatic heterocycles. The van der Waals surface area contributed by atoms with Crippen molar-refractivity contribution in [3.05, 3.63) is 45.6 Å². The van der Waals surface area contributed by atoms with Crippen molar-refractivity contribution in [2.45, 2.75) is 19.4 Å². The fourth-order valence-corrected chi connectivity index (χ4v) is 4.02. The Morgan fingerprint density at radius 2 is 2.04 bits per heavy atom. The van der Waals surface area contributed by atoms with Gasteiger partial charge in [-0.1, -0.05) is 11.6 Å². The number of rotatable bonds is 6. The first-order valence-corrected chi connectivity index (χ1v) is 9.34. The second-order valence-electron chi connectivity index (χ2n) is 6.12. The smallest absolute Gasteiger partial charge is 0.238 e. The van der Waals surface area contributed by atoms with Gasteiger partial charge in [-0.25, -0.2) is 0 Å². The zero-order valence-electron chi connectivity index (χ0n) is 14.0. The summed E-state index contributed by atoms with van der Waals surface area (Å²) >= 11 is 7.44. The first-order chi connectivity index (χ1) is 12.0. The number of carbonyl (C=O) groups excluding carboxylic acids is 2. The molecule has 0 unspecified atom stereocenters. The number of benzene rings is 1. The Hall–Kier alpha value is -1.89. The molecule has 1 N–H and O–H groups in total. The molecule has 132 valence electrons. The van der Waals surface area contributed by atoms with Crippen LogP contribution in [0.2, 0.25) is 4.34 Å². The highest BCUT2D eigenvalue weighted by Crippen LogP contribution is 2.24. The molecule has 1 fully saturated rings. The van der Waals surface area contributed by atoms with E-state index in [1.54, 1.807) is 4.90 Å². The molecule has 0 spiro atoms. The number of carbonyl (C=O) groups is 2. The van der Waals surface area contributed by atoms with Gasteiger partial charge >= 0.3 is 0 Å². The fourth-order valence-electron chi connectivity index (χ4n) is 2.85. The summed E-state index contributed by atoms with van der Waals surface area (Å²) in [6.45, 7) is 1.74. The molecule has 5 nitrogen and oxygen atoms in total. The van der Waals surface area contributed by atoms with Gasteiger partial charge in [-0.3, -0.25) is 14.5 Å². The minimum absolute atomic E-state index is 0.0739. The molecule has 1 aromatic heterocycles. The van der Waals surface area contributed by atoms with Crippen LogP contribution in [-0.4, -0.2) is 36.9 Å². The molecule has 2 amide bonds. The van der Waals surface area contributed by atoms with Crippen LogP contribution in [0.5, 0.6) is 0 Å². The zero-order chi connectivity index (χ0) is 17.8. The Labute approximate surface area is 156 Å². The highest BCUT2D eigenvalue weighted by Gasteiger charge is 2.21. The van der Waals surface area contributed by atoms with Gasteiger partial charge in [-0.15, -0.1) is 11.3 Å². The Kier molecular flexibility index (Phi) is 5.73. The Morgan fingerprint density at radius 3 is 2.64 bits per heavy atom. The van der Waals surface area contributed by atoms with Crippen molar-refractivity contribution in [2.24, 2.45) is 0 Å². The topological polar surface area (TPSA) is 52.7 Å². The van der Waals surface area contributed by atoms with E-state index in [-0.39, 0.29) is 11.8 Å². The number of nitrogens with one attached hydrogen (secondary N) is 1. The number of thiophene rings is 1. The summed E-state index contributed by atoms with van der Waals surface area (Å²) in [5, 5.41) is 2.89. The Morgan fingerprint density at radius 1 is 1.28 bits per heavy atom. The number of anilines is 2. The first-order valence-electron chi connectivity index (χ1n) is 8.14. The van der Waals surface area contributed by atoms with Crippen molar-refractivity contribution in [2.75, 3.05) is 30.4 Å². The Bertz CT molecular complexity index is 760. The van der Waals surface area contributed by atoms with E-state index in [0.717, 1.165) is 33.6 Å². The molecule has 1 saturated heterocycles. The van der Waals surface area contributed by atoms with E-state index >= 15 is 0 Å². The lowest BCUT2D eigenvalue weighted by atomic mass is 10.2. The van der Waals surface area contributed by atoms with E-state index < -0.39 is 0 Å². The van der Waals surface area contributed by atoms with Gasteiger partial charge in [0.05, 0.1) is 10.9 Å². The maximum Gasteiger partial charge on any atom is 0.238 e. The van der Waals surface area contributed by atoms with Gasteiger partial charge in [-0.05, 0) is 49.9 Å². The SMILES string of the molecule is CN(CC(=O)Nc1ccc(N2CCCC2=O)cc1)Cc1ccc(Cl)s1. The summed E-state index contributed by atoms with van der Waals surface area (Å²) in [6, 6.07) is 11.2. The van der Waals surface area contributed by atoms with Crippen molar-refractivity contribution < 1.29 is 9.59 Å². The number of amides is 2. The lowest BCUT2D eigenvalue weighted by molar-refractivity contribution is -0.117. The largest absolute Gasteiger partial charge is 0.325 e. The minimum atomic E-state index is -0.0739. The monoisotopic (exact) mass is 377 g/mol.